The molecule has 2 rings (SSSR count). The molecular weight excluding hydrogens is 330 g/mol. The molecule has 0 unspecified atom stereocenters. The highest BCUT2D eigenvalue weighted by molar-refractivity contribution is 5.85. The Morgan fingerprint density at radius 1 is 1.35 bits per heavy atom. The summed E-state index contributed by atoms with van der Waals surface area (Å²) in [4.78, 5) is 23.2. The minimum Gasteiger partial charge on any atom is -0.481 e. The quantitative estimate of drug-likeness (QED) is 0.572. The number of aromatic nitrogens is 1. The average Bonchev–Trinajstić information content (AvgIpc) is 3.13. The normalized spacial score (nSPS) is 16.2. The zero-order valence-electron chi connectivity index (χ0n) is 16.3. The first kappa shape index (κ1) is 20.0. The summed E-state index contributed by atoms with van der Waals surface area (Å²) in [5.74, 6) is 1.49. The van der Waals surface area contributed by atoms with Crippen molar-refractivity contribution in [2.45, 2.75) is 39.2 Å². The molecule has 0 radical (unpaired) electrons. The lowest BCUT2D eigenvalue weighted by Crippen LogP contribution is -2.49. The number of pyridine rings is 1. The van der Waals surface area contributed by atoms with Crippen molar-refractivity contribution in [1.82, 2.24) is 20.5 Å². The summed E-state index contributed by atoms with van der Waals surface area (Å²) in [6, 6.07) is 3.82. The topological polar surface area (TPSA) is 78.9 Å². The van der Waals surface area contributed by atoms with Crippen LogP contribution in [0, 0.1) is 5.41 Å². The average molecular weight is 361 g/mol. The monoisotopic (exact) mass is 361 g/mol. The van der Waals surface area contributed by atoms with Crippen LogP contribution in [0.3, 0.4) is 0 Å². The molecule has 26 heavy (non-hydrogen) atoms. The molecule has 1 aliphatic carbocycles. The Bertz CT molecular complexity index is 624. The molecule has 0 spiro atoms. The minimum absolute atomic E-state index is 0.201. The van der Waals surface area contributed by atoms with Crippen molar-refractivity contribution < 1.29 is 9.53 Å². The van der Waals surface area contributed by atoms with Crippen molar-refractivity contribution in [1.29, 1.82) is 0 Å². The molecule has 1 fully saturated rings. The molecule has 1 amide bonds. The van der Waals surface area contributed by atoms with Gasteiger partial charge in [-0.1, -0.05) is 18.9 Å². The lowest BCUT2D eigenvalue weighted by atomic mass is 9.84. The SMILES string of the molecule is CCNC(=NCc1cccnc1OC)NCC1(C(=O)N(C)C)CCCC1. The summed E-state index contributed by atoms with van der Waals surface area (Å²) in [6.07, 6.45) is 5.75. The zero-order chi connectivity index (χ0) is 19.0. The molecule has 1 aromatic rings. The number of nitrogens with zero attached hydrogens (tertiary/aromatic N) is 3. The Morgan fingerprint density at radius 2 is 2.08 bits per heavy atom. The maximum atomic E-state index is 12.7. The van der Waals surface area contributed by atoms with Gasteiger partial charge in [-0.2, -0.15) is 0 Å². The standard InChI is InChI=1S/C19H31N5O2/c1-5-20-18(22-13-15-9-8-12-21-16(15)26-4)23-14-19(10-6-7-11-19)17(25)24(2)3/h8-9,12H,5-7,10-11,13-14H2,1-4H3,(H2,20,22,23). The van der Waals surface area contributed by atoms with E-state index in [2.05, 4.69) is 20.6 Å². The molecule has 1 aliphatic rings. The third-order valence-electron chi connectivity index (χ3n) is 4.81. The molecule has 0 aliphatic heterocycles. The predicted molar refractivity (Wildman–Crippen MR) is 103 cm³/mol. The van der Waals surface area contributed by atoms with E-state index in [4.69, 9.17) is 4.74 Å². The van der Waals surface area contributed by atoms with Crippen LogP contribution in [0.1, 0.15) is 38.2 Å². The van der Waals surface area contributed by atoms with Gasteiger partial charge < -0.3 is 20.3 Å². The second-order valence-corrected chi connectivity index (χ2v) is 6.91. The number of hydrogen-bond donors (Lipinski definition) is 2. The van der Waals surface area contributed by atoms with Crippen molar-refractivity contribution in [2.75, 3.05) is 34.3 Å². The fraction of sp³-hybridized carbons (Fsp3) is 0.632. The van der Waals surface area contributed by atoms with Crippen LogP contribution in [0.25, 0.3) is 0 Å². The van der Waals surface area contributed by atoms with Crippen LogP contribution in [0.4, 0.5) is 0 Å². The first-order chi connectivity index (χ1) is 12.5. The lowest BCUT2D eigenvalue weighted by Gasteiger charge is -2.31. The van der Waals surface area contributed by atoms with Crippen molar-refractivity contribution in [3.8, 4) is 5.88 Å². The summed E-state index contributed by atoms with van der Waals surface area (Å²) in [6.45, 7) is 3.84. The molecule has 7 heteroatoms. The van der Waals surface area contributed by atoms with Gasteiger partial charge in [0.25, 0.3) is 0 Å². The number of rotatable bonds is 7. The van der Waals surface area contributed by atoms with Crippen LogP contribution in [0.15, 0.2) is 23.3 Å². The number of carbonyl (C=O) groups excluding carboxylic acids is 1. The van der Waals surface area contributed by atoms with Gasteiger partial charge in [0.2, 0.25) is 11.8 Å². The summed E-state index contributed by atoms with van der Waals surface area (Å²) < 4.78 is 5.28. The smallest absolute Gasteiger partial charge is 0.230 e. The maximum absolute atomic E-state index is 12.7. The summed E-state index contributed by atoms with van der Waals surface area (Å²) >= 11 is 0. The Kier molecular flexibility index (Phi) is 7.24. The van der Waals surface area contributed by atoms with Crippen molar-refractivity contribution >= 4 is 11.9 Å². The molecule has 7 nitrogen and oxygen atoms in total. The van der Waals surface area contributed by atoms with Gasteiger partial charge in [-0.25, -0.2) is 9.98 Å². The van der Waals surface area contributed by atoms with Gasteiger partial charge in [0.1, 0.15) is 0 Å². The molecule has 0 atom stereocenters. The number of carbonyl (C=O) groups is 1. The van der Waals surface area contributed by atoms with Crippen LogP contribution < -0.4 is 15.4 Å². The number of hydrogen-bond acceptors (Lipinski definition) is 4. The molecule has 1 aromatic heterocycles. The summed E-state index contributed by atoms with van der Waals surface area (Å²) in [7, 11) is 5.27. The van der Waals surface area contributed by atoms with E-state index in [1.807, 2.05) is 33.2 Å². The number of methoxy groups -OCH3 is 1. The Morgan fingerprint density at radius 3 is 2.69 bits per heavy atom. The fourth-order valence-electron chi connectivity index (χ4n) is 3.48. The molecule has 0 bridgehead atoms. The molecule has 2 N–H and O–H groups in total. The second-order valence-electron chi connectivity index (χ2n) is 6.91. The third-order valence-corrected chi connectivity index (χ3v) is 4.81. The Balaban J connectivity index is 2.08. The summed E-state index contributed by atoms with van der Waals surface area (Å²) in [5, 5.41) is 6.63. The minimum atomic E-state index is -0.328. The van der Waals surface area contributed by atoms with Crippen LogP contribution in [0.2, 0.25) is 0 Å². The molecular formula is C19H31N5O2. The highest BCUT2D eigenvalue weighted by atomic mass is 16.5. The number of amides is 1. The Hall–Kier alpha value is -2.31. The van der Waals surface area contributed by atoms with E-state index in [0.29, 0.717) is 24.9 Å². The van der Waals surface area contributed by atoms with Crippen molar-refractivity contribution in [3.63, 3.8) is 0 Å². The number of guanidine groups is 1. The highest BCUT2D eigenvalue weighted by Gasteiger charge is 2.42. The van der Waals surface area contributed by atoms with E-state index in [1.165, 1.54) is 0 Å². The van der Waals surface area contributed by atoms with Gasteiger partial charge >= 0.3 is 0 Å². The lowest BCUT2D eigenvalue weighted by molar-refractivity contribution is -0.138. The predicted octanol–water partition coefficient (Wildman–Crippen LogP) is 1.79. The fourth-order valence-corrected chi connectivity index (χ4v) is 3.48. The van der Waals surface area contributed by atoms with Gasteiger partial charge in [-0.05, 0) is 25.8 Å². The van der Waals surface area contributed by atoms with Gasteiger partial charge in [0.15, 0.2) is 5.96 Å². The third kappa shape index (κ3) is 4.86. The zero-order valence-corrected chi connectivity index (χ0v) is 16.3. The molecule has 0 aromatic carbocycles. The van der Waals surface area contributed by atoms with Crippen LogP contribution in [0.5, 0.6) is 5.88 Å². The molecule has 144 valence electrons. The van der Waals surface area contributed by atoms with E-state index < -0.39 is 0 Å². The van der Waals surface area contributed by atoms with E-state index in [0.717, 1.165) is 37.8 Å². The van der Waals surface area contributed by atoms with Gasteiger partial charge in [0, 0.05) is 38.9 Å². The van der Waals surface area contributed by atoms with Gasteiger partial charge in [-0.3, -0.25) is 4.79 Å². The maximum Gasteiger partial charge on any atom is 0.230 e. The van der Waals surface area contributed by atoms with Crippen molar-refractivity contribution in [3.05, 3.63) is 23.9 Å². The second kappa shape index (κ2) is 9.40. The highest BCUT2D eigenvalue weighted by Crippen LogP contribution is 2.38. The van der Waals surface area contributed by atoms with Crippen molar-refractivity contribution in [2.24, 2.45) is 10.4 Å². The molecule has 1 heterocycles. The summed E-state index contributed by atoms with van der Waals surface area (Å²) in [5.41, 5.74) is 0.596. The number of nitrogens with one attached hydrogen (secondary N) is 2. The van der Waals surface area contributed by atoms with E-state index in [1.54, 1.807) is 18.2 Å². The van der Waals surface area contributed by atoms with Crippen LogP contribution >= 0.6 is 0 Å². The van der Waals surface area contributed by atoms with Gasteiger partial charge in [-0.15, -0.1) is 0 Å². The molecule has 1 saturated carbocycles. The number of ether oxygens (including phenoxy) is 1. The van der Waals surface area contributed by atoms with E-state index >= 15 is 0 Å². The first-order valence-corrected chi connectivity index (χ1v) is 9.24. The largest absolute Gasteiger partial charge is 0.481 e. The van der Waals surface area contributed by atoms with E-state index in [9.17, 15) is 4.79 Å². The molecule has 0 saturated heterocycles. The first-order valence-electron chi connectivity index (χ1n) is 9.24. The number of aliphatic imine (C=N–C) groups is 1. The van der Waals surface area contributed by atoms with Gasteiger partial charge in [0.05, 0.1) is 19.1 Å². The van der Waals surface area contributed by atoms with Crippen LogP contribution in [-0.2, 0) is 11.3 Å². The van der Waals surface area contributed by atoms with Crippen LogP contribution in [-0.4, -0.2) is 56.0 Å². The van der Waals surface area contributed by atoms with E-state index in [-0.39, 0.29) is 11.3 Å². The Labute approximate surface area is 156 Å².